The summed E-state index contributed by atoms with van der Waals surface area (Å²) in [5.41, 5.74) is -0.0684. The highest BCUT2D eigenvalue weighted by molar-refractivity contribution is 5.79. The molecule has 0 unspecified atom stereocenters. The van der Waals surface area contributed by atoms with Crippen molar-refractivity contribution in [2.75, 3.05) is 46.9 Å². The predicted octanol–water partition coefficient (Wildman–Crippen LogP) is 3.01. The first-order chi connectivity index (χ1) is 13.3. The molecule has 0 radical (unpaired) electrons. The molecule has 2 N–H and O–H groups in total. The molecule has 0 spiro atoms. The standard InChI is InChI=1S/C21H40N4O3/c1-20(2,3)28-19(26)25-12-7-17(8-13-25)15-23-18(22-4)24-16-21(9-6-10-21)11-14-27-5/h17H,6-16H2,1-5H3,(H2,22,23,24). The average molecular weight is 397 g/mol. The van der Waals surface area contributed by atoms with Crippen molar-refractivity contribution in [2.45, 2.75) is 64.9 Å². The van der Waals surface area contributed by atoms with Crippen LogP contribution in [0.15, 0.2) is 4.99 Å². The molecular formula is C21H40N4O3. The molecule has 1 aliphatic carbocycles. The zero-order valence-electron chi connectivity index (χ0n) is 18.5. The van der Waals surface area contributed by atoms with E-state index in [1.165, 1.54) is 19.3 Å². The lowest BCUT2D eigenvalue weighted by Gasteiger charge is -2.42. The normalized spacial score (nSPS) is 20.5. The molecule has 7 nitrogen and oxygen atoms in total. The lowest BCUT2D eigenvalue weighted by molar-refractivity contribution is 0.0185. The van der Waals surface area contributed by atoms with Crippen molar-refractivity contribution in [3.05, 3.63) is 0 Å². The molecule has 7 heteroatoms. The predicted molar refractivity (Wildman–Crippen MR) is 113 cm³/mol. The fourth-order valence-corrected chi connectivity index (χ4v) is 3.89. The minimum Gasteiger partial charge on any atom is -0.444 e. The smallest absolute Gasteiger partial charge is 0.410 e. The van der Waals surface area contributed by atoms with Crippen LogP contribution in [0.2, 0.25) is 0 Å². The number of hydrogen-bond acceptors (Lipinski definition) is 4. The van der Waals surface area contributed by atoms with Gasteiger partial charge in [-0.1, -0.05) is 6.42 Å². The van der Waals surface area contributed by atoms with E-state index in [1.807, 2.05) is 32.7 Å². The number of carbonyl (C=O) groups is 1. The van der Waals surface area contributed by atoms with E-state index >= 15 is 0 Å². The van der Waals surface area contributed by atoms with Crippen LogP contribution in [-0.4, -0.2) is 69.5 Å². The highest BCUT2D eigenvalue weighted by Crippen LogP contribution is 2.43. The van der Waals surface area contributed by atoms with Gasteiger partial charge in [-0.2, -0.15) is 0 Å². The van der Waals surface area contributed by atoms with Gasteiger partial charge in [0.05, 0.1) is 0 Å². The Balaban J connectivity index is 1.68. The van der Waals surface area contributed by atoms with Crippen LogP contribution in [0.1, 0.15) is 59.3 Å². The van der Waals surface area contributed by atoms with E-state index in [0.29, 0.717) is 11.3 Å². The van der Waals surface area contributed by atoms with Gasteiger partial charge in [0.25, 0.3) is 0 Å². The molecule has 1 saturated heterocycles. The number of carbonyl (C=O) groups excluding carboxylic acids is 1. The van der Waals surface area contributed by atoms with Crippen LogP contribution in [0.25, 0.3) is 0 Å². The van der Waals surface area contributed by atoms with E-state index in [2.05, 4.69) is 15.6 Å². The minimum absolute atomic E-state index is 0.196. The maximum Gasteiger partial charge on any atom is 0.410 e. The van der Waals surface area contributed by atoms with Crippen molar-refractivity contribution in [2.24, 2.45) is 16.3 Å². The molecular weight excluding hydrogens is 356 g/mol. The second kappa shape index (κ2) is 10.3. The maximum atomic E-state index is 12.2. The van der Waals surface area contributed by atoms with Crippen LogP contribution >= 0.6 is 0 Å². The SMILES string of the molecule is CN=C(NCC1CCN(C(=O)OC(C)(C)C)CC1)NCC1(CCOC)CCC1. The Morgan fingerprint density at radius 2 is 1.89 bits per heavy atom. The third-order valence-electron chi connectivity index (χ3n) is 5.93. The summed E-state index contributed by atoms with van der Waals surface area (Å²) < 4.78 is 10.7. The Bertz CT molecular complexity index is 518. The number of piperidine rings is 1. The van der Waals surface area contributed by atoms with Gasteiger partial charge in [0.15, 0.2) is 5.96 Å². The lowest BCUT2D eigenvalue weighted by atomic mass is 9.67. The highest BCUT2D eigenvalue weighted by atomic mass is 16.6. The minimum atomic E-state index is -0.436. The van der Waals surface area contributed by atoms with E-state index < -0.39 is 5.60 Å². The molecule has 0 aromatic carbocycles. The maximum absolute atomic E-state index is 12.2. The van der Waals surface area contributed by atoms with Gasteiger partial charge >= 0.3 is 6.09 Å². The molecule has 28 heavy (non-hydrogen) atoms. The van der Waals surface area contributed by atoms with Gasteiger partial charge in [-0.25, -0.2) is 4.79 Å². The van der Waals surface area contributed by atoms with Crippen molar-refractivity contribution in [3.63, 3.8) is 0 Å². The number of aliphatic imine (C=N–C) groups is 1. The average Bonchev–Trinajstić information content (AvgIpc) is 2.62. The van der Waals surface area contributed by atoms with Crippen LogP contribution < -0.4 is 10.6 Å². The van der Waals surface area contributed by atoms with Gasteiger partial charge in [0, 0.05) is 46.9 Å². The Morgan fingerprint density at radius 3 is 2.39 bits per heavy atom. The molecule has 1 saturated carbocycles. The van der Waals surface area contributed by atoms with Crippen molar-refractivity contribution < 1.29 is 14.3 Å². The fraction of sp³-hybridized carbons (Fsp3) is 0.905. The summed E-state index contributed by atoms with van der Waals surface area (Å²) in [5, 5.41) is 6.98. The van der Waals surface area contributed by atoms with Gasteiger partial charge in [0.2, 0.25) is 0 Å². The summed E-state index contributed by atoms with van der Waals surface area (Å²) in [4.78, 5) is 18.4. The Labute approximate surface area is 170 Å². The van der Waals surface area contributed by atoms with E-state index in [0.717, 1.165) is 58.0 Å². The number of methoxy groups -OCH3 is 1. The number of nitrogens with zero attached hydrogens (tertiary/aromatic N) is 2. The van der Waals surface area contributed by atoms with Crippen LogP contribution in [0, 0.1) is 11.3 Å². The van der Waals surface area contributed by atoms with Crippen molar-refractivity contribution in [1.82, 2.24) is 15.5 Å². The molecule has 0 atom stereocenters. The highest BCUT2D eigenvalue weighted by Gasteiger charge is 2.36. The summed E-state index contributed by atoms with van der Waals surface area (Å²) in [6.45, 7) is 9.89. The van der Waals surface area contributed by atoms with Gasteiger partial charge in [-0.15, -0.1) is 0 Å². The molecule has 0 aromatic rings. The number of guanidine groups is 1. The molecule has 1 amide bonds. The molecule has 0 bridgehead atoms. The van der Waals surface area contributed by atoms with Crippen LogP contribution in [0.5, 0.6) is 0 Å². The van der Waals surface area contributed by atoms with E-state index in [9.17, 15) is 4.79 Å². The Hall–Kier alpha value is -1.50. The van der Waals surface area contributed by atoms with E-state index in [-0.39, 0.29) is 6.09 Å². The first kappa shape index (κ1) is 22.8. The second-order valence-corrected chi connectivity index (χ2v) is 9.31. The lowest BCUT2D eigenvalue weighted by Crippen LogP contribution is -2.48. The van der Waals surface area contributed by atoms with Gasteiger partial charge in [-0.05, 0) is 64.2 Å². The molecule has 2 rings (SSSR count). The topological polar surface area (TPSA) is 75.2 Å². The number of hydrogen-bond donors (Lipinski definition) is 2. The molecule has 162 valence electrons. The Kier molecular flexibility index (Phi) is 8.40. The van der Waals surface area contributed by atoms with Crippen LogP contribution in [-0.2, 0) is 9.47 Å². The first-order valence-corrected chi connectivity index (χ1v) is 10.7. The quantitative estimate of drug-likeness (QED) is 0.511. The third kappa shape index (κ3) is 7.15. The molecule has 2 aliphatic rings. The van der Waals surface area contributed by atoms with Crippen LogP contribution in [0.4, 0.5) is 4.79 Å². The number of amides is 1. The molecule has 2 fully saturated rings. The number of nitrogens with one attached hydrogen (secondary N) is 2. The van der Waals surface area contributed by atoms with Crippen molar-refractivity contribution in [1.29, 1.82) is 0 Å². The monoisotopic (exact) mass is 396 g/mol. The molecule has 1 heterocycles. The summed E-state index contributed by atoms with van der Waals surface area (Å²) in [7, 11) is 3.59. The molecule has 0 aromatic heterocycles. The van der Waals surface area contributed by atoms with Crippen molar-refractivity contribution >= 4 is 12.1 Å². The zero-order chi connectivity index (χ0) is 20.6. The first-order valence-electron chi connectivity index (χ1n) is 10.7. The summed E-state index contributed by atoms with van der Waals surface area (Å²) in [6, 6.07) is 0. The van der Waals surface area contributed by atoms with E-state index in [1.54, 1.807) is 7.11 Å². The van der Waals surface area contributed by atoms with E-state index in [4.69, 9.17) is 9.47 Å². The summed E-state index contributed by atoms with van der Waals surface area (Å²) in [6.07, 6.45) is 6.73. The second-order valence-electron chi connectivity index (χ2n) is 9.31. The zero-order valence-corrected chi connectivity index (χ0v) is 18.5. The third-order valence-corrected chi connectivity index (χ3v) is 5.93. The van der Waals surface area contributed by atoms with Gasteiger partial charge < -0.3 is 25.0 Å². The number of rotatable bonds is 7. The fourth-order valence-electron chi connectivity index (χ4n) is 3.89. The molecule has 1 aliphatic heterocycles. The summed E-state index contributed by atoms with van der Waals surface area (Å²) >= 11 is 0. The Morgan fingerprint density at radius 1 is 1.21 bits per heavy atom. The summed E-state index contributed by atoms with van der Waals surface area (Å²) in [5.74, 6) is 1.42. The van der Waals surface area contributed by atoms with Crippen molar-refractivity contribution in [3.8, 4) is 0 Å². The van der Waals surface area contributed by atoms with Crippen LogP contribution in [0.3, 0.4) is 0 Å². The largest absolute Gasteiger partial charge is 0.444 e. The van der Waals surface area contributed by atoms with Gasteiger partial charge in [-0.3, -0.25) is 4.99 Å². The number of ether oxygens (including phenoxy) is 2. The number of likely N-dealkylation sites (tertiary alicyclic amines) is 1. The van der Waals surface area contributed by atoms with Gasteiger partial charge in [0.1, 0.15) is 5.60 Å².